The van der Waals surface area contributed by atoms with Gasteiger partial charge in [0.1, 0.15) is 22.2 Å². The van der Waals surface area contributed by atoms with Gasteiger partial charge in [0.2, 0.25) is 11.4 Å². The molecular formula is C27H19Cl6N7O. The minimum Gasteiger partial charge on any atom is -0.355 e. The monoisotopic (exact) mass is 667 g/mol. The first-order valence-electron chi connectivity index (χ1n) is 12.3. The first-order chi connectivity index (χ1) is 19.7. The average Bonchev–Trinajstić information content (AvgIpc) is 3.40. The number of anilines is 1. The number of carbonyl (C=O) groups is 1. The molecule has 3 aromatic heterocycles. The quantitative estimate of drug-likeness (QED) is 0.191. The van der Waals surface area contributed by atoms with Crippen LogP contribution in [0.15, 0.2) is 48.8 Å². The highest BCUT2D eigenvalue weighted by atomic mass is 35.5. The van der Waals surface area contributed by atoms with Crippen LogP contribution in [0.5, 0.6) is 0 Å². The number of hydrogen-bond acceptors (Lipinski definition) is 7. The van der Waals surface area contributed by atoms with Crippen LogP contribution in [-0.2, 0) is 0 Å². The van der Waals surface area contributed by atoms with Gasteiger partial charge in [0.05, 0.1) is 38.2 Å². The number of carbonyl (C=O) groups excluding carboxylic acids is 1. The van der Waals surface area contributed by atoms with E-state index in [1.807, 2.05) is 18.3 Å². The number of nitrogens with one attached hydrogen (secondary N) is 1. The average molecular weight is 670 g/mol. The summed E-state index contributed by atoms with van der Waals surface area (Å²) in [7, 11) is 0. The highest BCUT2D eigenvalue weighted by Gasteiger charge is 2.20. The molecule has 0 atom stereocenters. The third kappa shape index (κ3) is 6.53. The largest absolute Gasteiger partial charge is 0.355 e. The van der Waals surface area contributed by atoms with Crippen LogP contribution in [0.25, 0.3) is 22.4 Å². The lowest BCUT2D eigenvalue weighted by Crippen LogP contribution is -2.30. The van der Waals surface area contributed by atoms with Crippen molar-refractivity contribution in [3.8, 4) is 11.3 Å². The Labute approximate surface area is 264 Å². The Morgan fingerprint density at radius 2 is 1.51 bits per heavy atom. The van der Waals surface area contributed by atoms with Gasteiger partial charge in [0.25, 0.3) is 0 Å². The van der Waals surface area contributed by atoms with E-state index in [0.29, 0.717) is 21.2 Å². The van der Waals surface area contributed by atoms with Gasteiger partial charge in [-0.3, -0.25) is 9.89 Å². The van der Waals surface area contributed by atoms with Gasteiger partial charge < -0.3 is 4.90 Å². The van der Waals surface area contributed by atoms with Crippen LogP contribution < -0.4 is 4.90 Å². The molecular weight excluding hydrogens is 651 g/mol. The van der Waals surface area contributed by atoms with E-state index >= 15 is 0 Å². The molecule has 210 valence electrons. The number of benzene rings is 2. The second-order valence-electron chi connectivity index (χ2n) is 8.91. The molecule has 14 heteroatoms. The number of aromatic nitrogens is 6. The topological polar surface area (TPSA) is 101 Å². The van der Waals surface area contributed by atoms with E-state index in [1.54, 1.807) is 18.2 Å². The molecule has 1 aliphatic rings. The van der Waals surface area contributed by atoms with Crippen molar-refractivity contribution in [1.82, 2.24) is 30.1 Å². The van der Waals surface area contributed by atoms with Crippen molar-refractivity contribution in [2.75, 3.05) is 18.0 Å². The number of halogens is 6. The van der Waals surface area contributed by atoms with E-state index in [0.717, 1.165) is 30.2 Å². The van der Waals surface area contributed by atoms with Crippen molar-refractivity contribution in [3.63, 3.8) is 0 Å². The van der Waals surface area contributed by atoms with Crippen molar-refractivity contribution in [3.05, 3.63) is 90.4 Å². The minimum atomic E-state index is -0.461. The van der Waals surface area contributed by atoms with E-state index in [9.17, 15) is 4.79 Å². The maximum absolute atomic E-state index is 12.2. The van der Waals surface area contributed by atoms with E-state index in [1.165, 1.54) is 31.5 Å². The van der Waals surface area contributed by atoms with Crippen LogP contribution in [0.4, 0.5) is 5.82 Å². The fraction of sp³-hybridized carbons (Fsp3) is 0.185. The normalized spacial score (nSPS) is 13.2. The Hall–Kier alpha value is -2.72. The lowest BCUT2D eigenvalue weighted by atomic mass is 10.1. The minimum absolute atomic E-state index is 0.0229. The van der Waals surface area contributed by atoms with Crippen molar-refractivity contribution < 1.29 is 4.79 Å². The maximum atomic E-state index is 12.2. The Morgan fingerprint density at radius 1 is 0.805 bits per heavy atom. The first kappa shape index (κ1) is 29.8. The fourth-order valence-electron chi connectivity index (χ4n) is 4.25. The van der Waals surface area contributed by atoms with Crippen molar-refractivity contribution >= 4 is 92.4 Å². The molecule has 41 heavy (non-hydrogen) atoms. The summed E-state index contributed by atoms with van der Waals surface area (Å²) < 4.78 is 0. The SMILES string of the molecule is Clc1cccc(-c2[nH]nc3nc(N4CCCCC4)cnc23)c1Cl.O=C(c1cccc(Cl)c1Cl)c1ncc(Cl)nc1Cl. The fourth-order valence-corrected chi connectivity index (χ4v) is 5.44. The Kier molecular flexibility index (Phi) is 9.49. The molecule has 0 bridgehead atoms. The third-order valence-corrected chi connectivity index (χ3v) is 8.35. The van der Waals surface area contributed by atoms with Crippen LogP contribution in [0, 0.1) is 0 Å². The maximum Gasteiger partial charge on any atom is 0.216 e. The Bertz CT molecular complexity index is 1740. The van der Waals surface area contributed by atoms with Gasteiger partial charge in [0, 0.05) is 24.2 Å². The van der Waals surface area contributed by atoms with Gasteiger partial charge in [-0.2, -0.15) is 5.10 Å². The van der Waals surface area contributed by atoms with Crippen LogP contribution >= 0.6 is 69.6 Å². The molecule has 1 aliphatic heterocycles. The predicted octanol–water partition coefficient (Wildman–Crippen LogP) is 8.64. The van der Waals surface area contributed by atoms with Gasteiger partial charge in [-0.05, 0) is 37.5 Å². The summed E-state index contributed by atoms with van der Waals surface area (Å²) in [6.45, 7) is 2.05. The third-order valence-electron chi connectivity index (χ3n) is 6.26. The lowest BCUT2D eigenvalue weighted by molar-refractivity contribution is 0.103. The Morgan fingerprint density at radius 3 is 2.24 bits per heavy atom. The number of piperidine rings is 1. The summed E-state index contributed by atoms with van der Waals surface area (Å²) in [6.07, 6.45) is 6.73. The standard InChI is InChI=1S/C16H15Cl2N5.C11H4Cl4N2O/c17-11-6-4-5-10(13(11)18)14-15-16(22-21-14)20-12(9-19-15)23-7-2-1-3-8-23;12-6-3-1-2-5(8(6)14)10(18)9-11(15)17-7(13)4-16-9/h4-6,9H,1-3,7-8H2,(H,20,21,22);1-4H. The molecule has 1 N–H and O–H groups in total. The van der Waals surface area contributed by atoms with Crippen LogP contribution in [0.1, 0.15) is 35.3 Å². The molecule has 5 aromatic rings. The number of aromatic amines is 1. The van der Waals surface area contributed by atoms with Gasteiger partial charge in [-0.1, -0.05) is 87.8 Å². The van der Waals surface area contributed by atoms with Crippen LogP contribution in [0.2, 0.25) is 30.4 Å². The molecule has 0 amide bonds. The number of H-pyrrole nitrogens is 1. The summed E-state index contributed by atoms with van der Waals surface area (Å²) in [5, 5.41) is 8.73. The van der Waals surface area contributed by atoms with E-state index in [4.69, 9.17) is 69.6 Å². The highest BCUT2D eigenvalue weighted by molar-refractivity contribution is 6.45. The first-order valence-corrected chi connectivity index (χ1v) is 14.6. The number of nitrogens with zero attached hydrogens (tertiary/aromatic N) is 6. The predicted molar refractivity (Wildman–Crippen MR) is 165 cm³/mol. The second kappa shape index (κ2) is 13.1. The van der Waals surface area contributed by atoms with Crippen LogP contribution in [-0.4, -0.2) is 49.0 Å². The Balaban J connectivity index is 0.000000170. The zero-order valence-electron chi connectivity index (χ0n) is 21.0. The van der Waals surface area contributed by atoms with Gasteiger partial charge >= 0.3 is 0 Å². The van der Waals surface area contributed by atoms with Crippen LogP contribution in [0.3, 0.4) is 0 Å². The van der Waals surface area contributed by atoms with E-state index in [-0.39, 0.29) is 31.6 Å². The van der Waals surface area contributed by atoms with Gasteiger partial charge in [-0.25, -0.2) is 19.9 Å². The molecule has 1 saturated heterocycles. The number of hydrogen-bond donors (Lipinski definition) is 1. The molecule has 8 nitrogen and oxygen atoms in total. The van der Waals surface area contributed by atoms with Crippen molar-refractivity contribution in [2.24, 2.45) is 0 Å². The van der Waals surface area contributed by atoms with Crippen molar-refractivity contribution in [2.45, 2.75) is 19.3 Å². The lowest BCUT2D eigenvalue weighted by Gasteiger charge is -2.27. The number of fused-ring (bicyclic) bond motifs is 1. The molecule has 0 unspecified atom stereocenters. The highest BCUT2D eigenvalue weighted by Crippen LogP contribution is 2.35. The second-order valence-corrected chi connectivity index (χ2v) is 11.2. The zero-order valence-corrected chi connectivity index (χ0v) is 25.5. The van der Waals surface area contributed by atoms with E-state index in [2.05, 4.69) is 35.0 Å². The van der Waals surface area contributed by atoms with E-state index < -0.39 is 5.78 Å². The molecule has 1 fully saturated rings. The molecule has 0 radical (unpaired) electrons. The summed E-state index contributed by atoms with van der Waals surface area (Å²) in [6, 6.07) is 10.2. The summed E-state index contributed by atoms with van der Waals surface area (Å²) in [5.41, 5.74) is 3.01. The molecule has 2 aromatic carbocycles. The van der Waals surface area contributed by atoms with Crippen molar-refractivity contribution in [1.29, 1.82) is 0 Å². The summed E-state index contributed by atoms with van der Waals surface area (Å²) >= 11 is 35.6. The zero-order chi connectivity index (χ0) is 29.1. The van der Waals surface area contributed by atoms with Gasteiger partial charge in [0.15, 0.2) is 5.15 Å². The molecule has 0 aliphatic carbocycles. The smallest absolute Gasteiger partial charge is 0.216 e. The number of ketones is 1. The molecule has 0 spiro atoms. The molecule has 6 rings (SSSR count). The molecule has 4 heterocycles. The molecule has 0 saturated carbocycles. The van der Waals surface area contributed by atoms with Gasteiger partial charge in [-0.15, -0.1) is 0 Å². The number of rotatable bonds is 4. The summed E-state index contributed by atoms with van der Waals surface area (Å²) in [5.74, 6) is 0.420. The summed E-state index contributed by atoms with van der Waals surface area (Å²) in [4.78, 5) is 31.2.